The lowest BCUT2D eigenvalue weighted by Crippen LogP contribution is -2.14. The van der Waals surface area contributed by atoms with Crippen LogP contribution < -0.4 is 25.3 Å². The molecule has 5 heteroatoms. The van der Waals surface area contributed by atoms with Crippen LogP contribution in [-0.4, -0.2) is 7.05 Å². The third-order valence-corrected chi connectivity index (χ3v) is 10.9. The number of nitrogens with two attached hydrogens (primary N) is 1. The lowest BCUT2D eigenvalue weighted by atomic mass is 10.1. The molecule has 0 spiro atoms. The Morgan fingerprint density at radius 3 is 0.587 bits per heavy atom. The molecule has 0 heterocycles. The van der Waals surface area contributed by atoms with Gasteiger partial charge in [-0.15, -0.1) is 0 Å². The van der Waals surface area contributed by atoms with Crippen LogP contribution in [0.1, 0.15) is 16.7 Å². The maximum atomic E-state index is 4.50. The molecule has 0 bridgehead atoms. The number of para-hydroxylation sites is 3. The summed E-state index contributed by atoms with van der Waals surface area (Å²) < 4.78 is 0. The molecule has 9 aromatic rings. The van der Waals surface area contributed by atoms with Crippen LogP contribution in [0.2, 0.25) is 0 Å². The fourth-order valence-corrected chi connectivity index (χ4v) is 8.07. The van der Waals surface area contributed by atoms with Gasteiger partial charge in [-0.25, -0.2) is 0 Å². The van der Waals surface area contributed by atoms with Gasteiger partial charge in [-0.1, -0.05) is 91.0 Å². The maximum Gasteiger partial charge on any atom is 0.0464 e. The zero-order valence-corrected chi connectivity index (χ0v) is 36.4. The van der Waals surface area contributed by atoms with E-state index in [9.17, 15) is 0 Å². The summed E-state index contributed by atoms with van der Waals surface area (Å²) in [5.74, 6) is 0. The zero-order valence-electron chi connectivity index (χ0n) is 36.4. The largest absolute Gasteiger partial charge is 0.333 e. The number of hydrogen-bond acceptors (Lipinski definition) is 5. The van der Waals surface area contributed by atoms with Crippen LogP contribution in [0.4, 0.5) is 68.2 Å². The van der Waals surface area contributed by atoms with E-state index in [4.69, 9.17) is 0 Å². The van der Waals surface area contributed by atoms with Crippen molar-refractivity contribution in [1.82, 2.24) is 0 Å². The van der Waals surface area contributed by atoms with Crippen molar-refractivity contribution in [3.63, 3.8) is 0 Å². The SMILES string of the molecule is CN.Cc1cccc(N(c2ccccc2)c2ccc(N(c3ccc(N(c4ccccc4)c4cccc(C)c4)cc3)c3ccc(N(c4ccccc4)c4cccc(C)c4)cc3)cc2)c1. The number of aryl methyl sites for hydroxylation is 3. The summed E-state index contributed by atoms with van der Waals surface area (Å²) in [4.78, 5) is 9.29. The summed E-state index contributed by atoms with van der Waals surface area (Å²) in [6, 6.07) is 84.5. The smallest absolute Gasteiger partial charge is 0.0464 e. The standard InChI is InChI=1S/C57H48N4.CH5N/c1-43-16-13-25-55(40-43)59(46-19-7-4-8-20-46)52-34-28-49(29-35-52)58(50-30-36-53(37-31-50)60(47-21-9-5-10-22-47)56-26-14-17-44(2)41-56)51-32-38-54(39-33-51)61(48-23-11-6-12-24-48)57-27-15-18-45(3)42-57;1-2/h4-42H,1-3H3;2H2,1H3. The molecular weight excluding hydrogens is 767 g/mol. The summed E-state index contributed by atoms with van der Waals surface area (Å²) in [5.41, 5.74) is 21.2. The van der Waals surface area contributed by atoms with Crippen molar-refractivity contribution in [3.05, 3.63) is 253 Å². The van der Waals surface area contributed by atoms with E-state index < -0.39 is 0 Å². The Labute approximate surface area is 373 Å². The van der Waals surface area contributed by atoms with E-state index in [1.807, 2.05) is 0 Å². The summed E-state index contributed by atoms with van der Waals surface area (Å²) in [6.45, 7) is 6.43. The molecule has 0 atom stereocenters. The highest BCUT2D eigenvalue weighted by Crippen LogP contribution is 2.43. The van der Waals surface area contributed by atoms with E-state index in [1.54, 1.807) is 0 Å². The van der Waals surface area contributed by atoms with Gasteiger partial charge in [-0.2, -0.15) is 0 Å². The van der Waals surface area contributed by atoms with Gasteiger partial charge in [0.05, 0.1) is 0 Å². The molecule has 9 aromatic carbocycles. The van der Waals surface area contributed by atoms with E-state index in [1.165, 1.54) is 23.7 Å². The molecule has 0 saturated carbocycles. The van der Waals surface area contributed by atoms with Crippen molar-refractivity contribution in [2.45, 2.75) is 20.8 Å². The first kappa shape index (κ1) is 41.9. The van der Waals surface area contributed by atoms with Crippen LogP contribution in [0.3, 0.4) is 0 Å². The molecule has 0 aliphatic heterocycles. The normalized spacial score (nSPS) is 10.6. The lowest BCUT2D eigenvalue weighted by molar-refractivity contribution is 1.23. The first-order chi connectivity index (χ1) is 31.0. The molecule has 0 aliphatic rings. The van der Waals surface area contributed by atoms with E-state index in [-0.39, 0.29) is 0 Å². The average molecular weight is 820 g/mol. The number of rotatable bonds is 12. The second-order valence-electron chi connectivity index (χ2n) is 15.4. The fourth-order valence-electron chi connectivity index (χ4n) is 8.07. The zero-order chi connectivity index (χ0) is 43.5. The number of benzene rings is 9. The van der Waals surface area contributed by atoms with Crippen molar-refractivity contribution in [2.75, 3.05) is 26.6 Å². The molecule has 0 aromatic heterocycles. The molecular formula is C58H53N5. The second-order valence-corrected chi connectivity index (χ2v) is 15.4. The van der Waals surface area contributed by atoms with Gasteiger partial charge in [0.25, 0.3) is 0 Å². The summed E-state index contributed by atoms with van der Waals surface area (Å²) in [7, 11) is 1.50. The fraction of sp³-hybridized carbons (Fsp3) is 0.0690. The van der Waals surface area contributed by atoms with Crippen LogP contribution in [0, 0.1) is 20.8 Å². The average Bonchev–Trinajstić information content (AvgIpc) is 3.33. The predicted octanol–water partition coefficient (Wildman–Crippen LogP) is 16.1. The Bertz CT molecular complexity index is 2510. The summed E-state index contributed by atoms with van der Waals surface area (Å²) >= 11 is 0. The van der Waals surface area contributed by atoms with Crippen LogP contribution in [0.25, 0.3) is 0 Å². The molecule has 0 aliphatic carbocycles. The predicted molar refractivity (Wildman–Crippen MR) is 269 cm³/mol. The molecule has 63 heavy (non-hydrogen) atoms. The molecule has 0 radical (unpaired) electrons. The third-order valence-electron chi connectivity index (χ3n) is 10.9. The lowest BCUT2D eigenvalue weighted by Gasteiger charge is -2.30. The van der Waals surface area contributed by atoms with Crippen molar-refractivity contribution >= 4 is 68.2 Å². The minimum atomic E-state index is 1.05. The first-order valence-electron chi connectivity index (χ1n) is 21.4. The van der Waals surface area contributed by atoms with Gasteiger partial charge in [0.15, 0.2) is 0 Å². The molecule has 0 unspecified atom stereocenters. The van der Waals surface area contributed by atoms with Crippen molar-refractivity contribution < 1.29 is 0 Å². The van der Waals surface area contributed by atoms with Gasteiger partial charge in [0.2, 0.25) is 0 Å². The van der Waals surface area contributed by atoms with E-state index >= 15 is 0 Å². The molecule has 310 valence electrons. The molecule has 0 saturated heterocycles. The number of nitrogens with zero attached hydrogens (tertiary/aromatic N) is 4. The van der Waals surface area contributed by atoms with E-state index in [0.717, 1.165) is 68.2 Å². The van der Waals surface area contributed by atoms with E-state index in [0.29, 0.717) is 0 Å². The van der Waals surface area contributed by atoms with E-state index in [2.05, 4.69) is 283 Å². The number of anilines is 12. The Kier molecular flexibility index (Phi) is 13.1. The minimum absolute atomic E-state index is 1.05. The Hall–Kier alpha value is -7.86. The van der Waals surface area contributed by atoms with Gasteiger partial charge in [0.1, 0.15) is 0 Å². The summed E-state index contributed by atoms with van der Waals surface area (Å²) in [5, 5.41) is 0. The van der Waals surface area contributed by atoms with Crippen LogP contribution in [-0.2, 0) is 0 Å². The van der Waals surface area contributed by atoms with Gasteiger partial charge < -0.3 is 25.3 Å². The Morgan fingerprint density at radius 1 is 0.206 bits per heavy atom. The monoisotopic (exact) mass is 819 g/mol. The second kappa shape index (κ2) is 19.7. The Morgan fingerprint density at radius 2 is 0.381 bits per heavy atom. The minimum Gasteiger partial charge on any atom is -0.333 e. The molecule has 0 fully saturated rings. The highest BCUT2D eigenvalue weighted by atomic mass is 15.2. The van der Waals surface area contributed by atoms with Gasteiger partial charge in [0, 0.05) is 68.2 Å². The summed E-state index contributed by atoms with van der Waals surface area (Å²) in [6.07, 6.45) is 0. The topological polar surface area (TPSA) is 39.0 Å². The Balaban J connectivity index is 0.00000268. The van der Waals surface area contributed by atoms with Crippen molar-refractivity contribution in [3.8, 4) is 0 Å². The molecule has 5 nitrogen and oxygen atoms in total. The van der Waals surface area contributed by atoms with Crippen molar-refractivity contribution in [2.24, 2.45) is 5.73 Å². The van der Waals surface area contributed by atoms with Crippen LogP contribution >= 0.6 is 0 Å². The molecule has 2 N–H and O–H groups in total. The quantitative estimate of drug-likeness (QED) is 0.133. The maximum absolute atomic E-state index is 4.50. The third kappa shape index (κ3) is 9.55. The van der Waals surface area contributed by atoms with Gasteiger partial charge in [-0.05, 0) is 190 Å². The molecule has 0 amide bonds. The number of hydrogen-bond donors (Lipinski definition) is 1. The van der Waals surface area contributed by atoms with Crippen LogP contribution in [0.15, 0.2) is 237 Å². The first-order valence-corrected chi connectivity index (χ1v) is 21.4. The van der Waals surface area contributed by atoms with Gasteiger partial charge >= 0.3 is 0 Å². The van der Waals surface area contributed by atoms with Crippen molar-refractivity contribution in [1.29, 1.82) is 0 Å². The van der Waals surface area contributed by atoms with Gasteiger partial charge in [-0.3, -0.25) is 0 Å². The van der Waals surface area contributed by atoms with Crippen LogP contribution in [0.5, 0.6) is 0 Å². The molecule has 9 rings (SSSR count). The highest BCUT2D eigenvalue weighted by molar-refractivity contribution is 5.85. The highest BCUT2D eigenvalue weighted by Gasteiger charge is 2.19.